The normalized spacial score (nSPS) is 21.2. The number of esters is 2. The minimum atomic E-state index is -1.58. The highest BCUT2D eigenvalue weighted by Gasteiger charge is 2.56. The summed E-state index contributed by atoms with van der Waals surface area (Å²) in [6.07, 6.45) is 0. The molecule has 0 saturated carbocycles. The van der Waals surface area contributed by atoms with Gasteiger partial charge in [-0.05, 0) is 40.0 Å². The van der Waals surface area contributed by atoms with E-state index in [0.717, 1.165) is 28.0 Å². The van der Waals surface area contributed by atoms with E-state index >= 15 is 0 Å². The van der Waals surface area contributed by atoms with Crippen molar-refractivity contribution in [3.63, 3.8) is 0 Å². The molecule has 0 aliphatic carbocycles. The number of nitrogens with one attached hydrogen (secondary N) is 1. The van der Waals surface area contributed by atoms with Gasteiger partial charge in [0.05, 0.1) is 0 Å². The van der Waals surface area contributed by atoms with Gasteiger partial charge in [-0.25, -0.2) is 14.6 Å². The molecule has 1 saturated heterocycles. The van der Waals surface area contributed by atoms with Gasteiger partial charge in [0.1, 0.15) is 29.3 Å². The highest BCUT2D eigenvalue weighted by molar-refractivity contribution is 8.03. The van der Waals surface area contributed by atoms with Crippen molar-refractivity contribution in [1.82, 2.24) is 15.2 Å². The number of thioether (sulfide) groups is 1. The standard InChI is InChI=1S/C23H29N5O9S2/c1-10(29)35-7-11-8-38-18-14(17(31)28(18)15(11)19(32)33)26-16(30)13(12-9-39-21(24)25-12)27-37-23(5,6)20(34)36-22(2,3)4/h8-9,14-15,18H,7H2,1-6H3,(H2,24,25)(H,26,30)(H,32,33)/b27-13-/t14-,15?,18-/m1/s1. The maximum Gasteiger partial charge on any atom is 0.353 e. The number of aromatic nitrogens is 1. The third-order valence-corrected chi connectivity index (χ3v) is 7.16. The average Bonchev–Trinajstić information content (AvgIpc) is 3.24. The van der Waals surface area contributed by atoms with E-state index in [-0.39, 0.29) is 28.7 Å². The zero-order valence-electron chi connectivity index (χ0n) is 22.0. The molecule has 3 atom stereocenters. The number of carbonyl (C=O) groups excluding carboxylic acids is 4. The van der Waals surface area contributed by atoms with Crippen molar-refractivity contribution in [1.29, 1.82) is 0 Å². The van der Waals surface area contributed by atoms with E-state index in [1.165, 1.54) is 31.6 Å². The number of oxime groups is 1. The number of ether oxygens (including phenoxy) is 2. The van der Waals surface area contributed by atoms with E-state index in [2.05, 4.69) is 15.5 Å². The zero-order chi connectivity index (χ0) is 29.3. The van der Waals surface area contributed by atoms with Gasteiger partial charge in [0.2, 0.25) is 11.5 Å². The Kier molecular flexibility index (Phi) is 8.60. The number of β-lactam (4-membered cyclic amide) rings is 1. The first-order valence-electron chi connectivity index (χ1n) is 11.6. The lowest BCUT2D eigenvalue weighted by Crippen LogP contribution is -2.74. The molecule has 2 aliphatic rings. The van der Waals surface area contributed by atoms with E-state index in [4.69, 9.17) is 20.0 Å². The van der Waals surface area contributed by atoms with Crippen LogP contribution in [-0.4, -0.2) is 85.7 Å². The Balaban J connectivity index is 1.81. The largest absolute Gasteiger partial charge is 0.479 e. The number of carboxylic acids is 1. The second-order valence-electron chi connectivity index (χ2n) is 10.1. The second kappa shape index (κ2) is 11.2. The minimum Gasteiger partial charge on any atom is -0.479 e. The lowest BCUT2D eigenvalue weighted by atomic mass is 9.98. The fourth-order valence-electron chi connectivity index (χ4n) is 3.42. The molecule has 1 unspecified atom stereocenters. The Labute approximate surface area is 231 Å². The van der Waals surface area contributed by atoms with E-state index in [9.17, 15) is 29.1 Å². The van der Waals surface area contributed by atoms with Crippen LogP contribution in [0.3, 0.4) is 0 Å². The first kappa shape index (κ1) is 29.9. The SMILES string of the molecule is CC(=O)OCC1=CS[C@@H]2[C@H](NC(=O)/C(=N\OC(C)(C)C(=O)OC(C)(C)C)c3csc(N)n3)C(=O)N2C1C(=O)O. The van der Waals surface area contributed by atoms with Crippen LogP contribution in [0, 0.1) is 0 Å². The highest BCUT2D eigenvalue weighted by Crippen LogP contribution is 2.40. The van der Waals surface area contributed by atoms with Crippen LogP contribution >= 0.6 is 23.1 Å². The van der Waals surface area contributed by atoms with Gasteiger partial charge in [0.25, 0.3) is 5.91 Å². The number of nitrogens with two attached hydrogens (primary N) is 1. The summed E-state index contributed by atoms with van der Waals surface area (Å²) < 4.78 is 10.2. The van der Waals surface area contributed by atoms with E-state index in [0.29, 0.717) is 0 Å². The summed E-state index contributed by atoms with van der Waals surface area (Å²) in [5, 5.41) is 18.5. The number of carbonyl (C=O) groups is 5. The third-order valence-electron chi connectivity index (χ3n) is 5.27. The van der Waals surface area contributed by atoms with Crippen LogP contribution in [-0.2, 0) is 38.3 Å². The predicted molar refractivity (Wildman–Crippen MR) is 140 cm³/mol. The van der Waals surface area contributed by atoms with E-state index < -0.39 is 58.4 Å². The smallest absolute Gasteiger partial charge is 0.353 e. The van der Waals surface area contributed by atoms with Crippen molar-refractivity contribution in [2.24, 2.45) is 5.16 Å². The molecular weight excluding hydrogens is 554 g/mol. The predicted octanol–water partition coefficient (Wildman–Crippen LogP) is 0.866. The molecule has 1 fully saturated rings. The summed E-state index contributed by atoms with van der Waals surface area (Å²) in [5.74, 6) is -4.15. The third kappa shape index (κ3) is 6.86. The van der Waals surface area contributed by atoms with E-state index in [1.807, 2.05) is 0 Å². The van der Waals surface area contributed by atoms with Crippen molar-refractivity contribution in [3.8, 4) is 0 Å². The summed E-state index contributed by atoms with van der Waals surface area (Å²) in [5.41, 5.74) is 3.24. The van der Waals surface area contributed by atoms with E-state index in [1.54, 1.807) is 20.8 Å². The fourth-order valence-corrected chi connectivity index (χ4v) is 5.18. The van der Waals surface area contributed by atoms with Crippen molar-refractivity contribution in [2.75, 3.05) is 12.3 Å². The summed E-state index contributed by atoms with van der Waals surface area (Å²) in [7, 11) is 0. The Morgan fingerprint density at radius 3 is 2.44 bits per heavy atom. The lowest BCUT2D eigenvalue weighted by molar-refractivity contribution is -0.179. The number of anilines is 1. The Morgan fingerprint density at radius 1 is 1.23 bits per heavy atom. The molecule has 0 spiro atoms. The monoisotopic (exact) mass is 583 g/mol. The maximum atomic E-state index is 13.3. The van der Waals surface area contributed by atoms with Gasteiger partial charge in [-0.1, -0.05) is 5.16 Å². The van der Waals surface area contributed by atoms with Crippen LogP contribution in [0.25, 0.3) is 0 Å². The molecule has 0 bridgehead atoms. The number of hydrogen-bond acceptors (Lipinski definition) is 13. The number of amides is 2. The van der Waals surface area contributed by atoms with Crippen molar-refractivity contribution >= 4 is 63.7 Å². The molecule has 39 heavy (non-hydrogen) atoms. The van der Waals surface area contributed by atoms with Crippen molar-refractivity contribution in [3.05, 3.63) is 22.1 Å². The highest BCUT2D eigenvalue weighted by atomic mass is 32.2. The number of fused-ring (bicyclic) bond motifs is 1. The van der Waals surface area contributed by atoms with Gasteiger partial charge in [-0.3, -0.25) is 14.4 Å². The fraction of sp³-hybridized carbons (Fsp3) is 0.522. The topological polar surface area (TPSA) is 200 Å². The molecule has 0 radical (unpaired) electrons. The van der Waals surface area contributed by atoms with Gasteiger partial charge >= 0.3 is 17.9 Å². The van der Waals surface area contributed by atoms with Gasteiger partial charge in [0, 0.05) is 17.9 Å². The van der Waals surface area contributed by atoms with Crippen molar-refractivity contribution in [2.45, 2.75) is 70.2 Å². The van der Waals surface area contributed by atoms with Crippen LogP contribution < -0.4 is 11.1 Å². The number of nitrogens with zero attached hydrogens (tertiary/aromatic N) is 3. The number of nitrogen functional groups attached to an aromatic ring is 1. The summed E-state index contributed by atoms with van der Waals surface area (Å²) in [4.78, 5) is 72.4. The number of aliphatic carboxylic acids is 1. The van der Waals surface area contributed by atoms with Gasteiger partial charge in [0.15, 0.2) is 16.9 Å². The first-order chi connectivity index (χ1) is 18.0. The molecule has 1 aromatic heterocycles. The number of thiazole rings is 1. The molecule has 0 aromatic carbocycles. The van der Waals surface area contributed by atoms with Crippen LogP contribution in [0.5, 0.6) is 0 Å². The van der Waals surface area contributed by atoms with Crippen molar-refractivity contribution < 1.29 is 43.4 Å². The molecule has 3 heterocycles. The van der Waals surface area contributed by atoms with Crippen LogP contribution in [0.2, 0.25) is 0 Å². The Morgan fingerprint density at radius 2 is 1.90 bits per heavy atom. The lowest BCUT2D eigenvalue weighted by Gasteiger charge is -2.51. The summed E-state index contributed by atoms with van der Waals surface area (Å²) in [6, 6.07) is -2.46. The molecule has 2 amide bonds. The van der Waals surface area contributed by atoms with Gasteiger partial charge < -0.3 is 35.4 Å². The number of hydrogen-bond donors (Lipinski definition) is 3. The maximum absolute atomic E-state index is 13.3. The molecule has 212 valence electrons. The van der Waals surface area contributed by atoms with Gasteiger partial charge in [-0.2, -0.15) is 0 Å². The number of rotatable bonds is 9. The molecule has 2 aliphatic heterocycles. The average molecular weight is 584 g/mol. The first-order valence-corrected chi connectivity index (χ1v) is 13.4. The molecular formula is C23H29N5O9S2. The second-order valence-corrected chi connectivity index (χ2v) is 11.9. The Hall–Kier alpha value is -3.66. The zero-order valence-corrected chi connectivity index (χ0v) is 23.7. The van der Waals surface area contributed by atoms with Crippen LogP contribution in [0.1, 0.15) is 47.2 Å². The molecule has 16 heteroatoms. The Bertz CT molecular complexity index is 1250. The molecule has 3 rings (SSSR count). The van der Waals surface area contributed by atoms with Crippen LogP contribution in [0.4, 0.5) is 5.13 Å². The van der Waals surface area contributed by atoms with Crippen LogP contribution in [0.15, 0.2) is 21.5 Å². The van der Waals surface area contributed by atoms with Gasteiger partial charge in [-0.15, -0.1) is 23.1 Å². The summed E-state index contributed by atoms with van der Waals surface area (Å²) in [6.45, 7) is 8.77. The quantitative estimate of drug-likeness (QED) is 0.161. The summed E-state index contributed by atoms with van der Waals surface area (Å²) >= 11 is 2.13. The molecule has 4 N–H and O–H groups in total. The minimum absolute atomic E-state index is 0.0434. The molecule has 14 nitrogen and oxygen atoms in total. The number of carboxylic acid groups (broad SMARTS) is 1. The molecule has 1 aromatic rings.